The van der Waals surface area contributed by atoms with Gasteiger partial charge in [-0.05, 0) is 30.7 Å². The maximum atomic E-state index is 13.3. The molecule has 0 saturated heterocycles. The van der Waals surface area contributed by atoms with E-state index in [9.17, 15) is 9.18 Å². The second-order valence-corrected chi connectivity index (χ2v) is 6.23. The van der Waals surface area contributed by atoms with Gasteiger partial charge in [0.2, 0.25) is 17.7 Å². The van der Waals surface area contributed by atoms with Gasteiger partial charge in [-0.2, -0.15) is 0 Å². The van der Waals surface area contributed by atoms with Crippen LogP contribution in [-0.2, 0) is 11.2 Å². The summed E-state index contributed by atoms with van der Waals surface area (Å²) in [6, 6.07) is 13.7. The molecule has 3 aromatic rings. The Bertz CT molecular complexity index is 943. The monoisotopic (exact) mass is 367 g/mol. The second kappa shape index (κ2) is 7.57. The van der Waals surface area contributed by atoms with Crippen LogP contribution in [-0.4, -0.2) is 29.3 Å². The lowest BCUT2D eigenvalue weighted by molar-refractivity contribution is -0.119. The fraction of sp³-hybridized carbons (Fsp3) is 0.250. The van der Waals surface area contributed by atoms with Gasteiger partial charge >= 0.3 is 0 Å². The van der Waals surface area contributed by atoms with E-state index in [4.69, 9.17) is 9.15 Å². The Kier molecular flexibility index (Phi) is 4.82. The van der Waals surface area contributed by atoms with Crippen molar-refractivity contribution in [3.63, 3.8) is 0 Å². The summed E-state index contributed by atoms with van der Waals surface area (Å²) in [5.41, 5.74) is 1.47. The van der Waals surface area contributed by atoms with E-state index in [0.29, 0.717) is 55.6 Å². The minimum atomic E-state index is -0.381. The Morgan fingerprint density at radius 2 is 2.00 bits per heavy atom. The van der Waals surface area contributed by atoms with E-state index in [1.54, 1.807) is 11.0 Å². The first kappa shape index (κ1) is 17.2. The molecular formula is C20H18FN3O3. The molecule has 27 heavy (non-hydrogen) atoms. The SMILES string of the molecule is O=C(CCCc1nnc(-c2ccccc2)o1)N1CCOc2cc(F)ccc21. The highest BCUT2D eigenvalue weighted by Crippen LogP contribution is 2.32. The predicted octanol–water partition coefficient (Wildman–Crippen LogP) is 3.62. The molecule has 0 spiro atoms. The second-order valence-electron chi connectivity index (χ2n) is 6.23. The summed E-state index contributed by atoms with van der Waals surface area (Å²) in [6.07, 6.45) is 1.44. The molecule has 0 fully saturated rings. The molecule has 1 aromatic heterocycles. The van der Waals surface area contributed by atoms with Gasteiger partial charge in [-0.25, -0.2) is 4.39 Å². The Morgan fingerprint density at radius 3 is 2.85 bits per heavy atom. The lowest BCUT2D eigenvalue weighted by Crippen LogP contribution is -2.37. The van der Waals surface area contributed by atoms with Crippen molar-refractivity contribution in [3.8, 4) is 17.2 Å². The predicted molar refractivity (Wildman–Crippen MR) is 96.9 cm³/mol. The topological polar surface area (TPSA) is 68.5 Å². The quantitative estimate of drug-likeness (QED) is 0.689. The van der Waals surface area contributed by atoms with Crippen molar-refractivity contribution < 1.29 is 18.3 Å². The van der Waals surface area contributed by atoms with Crippen molar-refractivity contribution in [3.05, 3.63) is 60.2 Å². The summed E-state index contributed by atoms with van der Waals surface area (Å²) in [6.45, 7) is 0.808. The number of anilines is 1. The minimum Gasteiger partial charge on any atom is -0.489 e. The molecule has 0 radical (unpaired) electrons. The maximum Gasteiger partial charge on any atom is 0.247 e. The molecule has 0 unspecified atom stereocenters. The number of rotatable bonds is 5. The van der Waals surface area contributed by atoms with Crippen LogP contribution in [0.1, 0.15) is 18.7 Å². The maximum absolute atomic E-state index is 13.3. The number of fused-ring (bicyclic) bond motifs is 1. The van der Waals surface area contributed by atoms with Gasteiger partial charge in [-0.1, -0.05) is 18.2 Å². The van der Waals surface area contributed by atoms with Gasteiger partial charge in [-0.3, -0.25) is 4.79 Å². The van der Waals surface area contributed by atoms with Gasteiger partial charge in [0, 0.05) is 24.5 Å². The Hall–Kier alpha value is -3.22. The molecule has 6 nitrogen and oxygen atoms in total. The van der Waals surface area contributed by atoms with Crippen LogP contribution in [0.15, 0.2) is 52.9 Å². The molecular weight excluding hydrogens is 349 g/mol. The van der Waals surface area contributed by atoms with Gasteiger partial charge < -0.3 is 14.1 Å². The molecule has 1 aliphatic rings. The van der Waals surface area contributed by atoms with E-state index in [-0.39, 0.29) is 11.7 Å². The van der Waals surface area contributed by atoms with Crippen molar-refractivity contribution in [1.82, 2.24) is 10.2 Å². The third-order valence-electron chi connectivity index (χ3n) is 4.36. The molecule has 0 aliphatic carbocycles. The fourth-order valence-electron chi connectivity index (χ4n) is 3.03. The number of aryl methyl sites for hydroxylation is 1. The Morgan fingerprint density at radius 1 is 1.15 bits per heavy atom. The van der Waals surface area contributed by atoms with Crippen LogP contribution in [0.3, 0.4) is 0 Å². The highest BCUT2D eigenvalue weighted by atomic mass is 19.1. The van der Waals surface area contributed by atoms with E-state index in [1.807, 2.05) is 30.3 Å². The third kappa shape index (κ3) is 3.81. The van der Waals surface area contributed by atoms with Crippen LogP contribution < -0.4 is 9.64 Å². The molecule has 1 aliphatic heterocycles. The summed E-state index contributed by atoms with van der Waals surface area (Å²) in [5.74, 6) is 0.966. The largest absolute Gasteiger partial charge is 0.489 e. The van der Waals surface area contributed by atoms with Crippen molar-refractivity contribution >= 4 is 11.6 Å². The zero-order valence-electron chi connectivity index (χ0n) is 14.6. The lowest BCUT2D eigenvalue weighted by atomic mass is 10.1. The average Bonchev–Trinajstić information content (AvgIpc) is 3.17. The minimum absolute atomic E-state index is 0.0334. The van der Waals surface area contributed by atoms with Crippen LogP contribution in [0.4, 0.5) is 10.1 Å². The van der Waals surface area contributed by atoms with Crippen molar-refractivity contribution in [2.45, 2.75) is 19.3 Å². The first-order valence-electron chi connectivity index (χ1n) is 8.81. The number of carbonyl (C=O) groups excluding carboxylic acids is 1. The number of hydrogen-bond acceptors (Lipinski definition) is 5. The number of nitrogens with zero attached hydrogens (tertiary/aromatic N) is 3. The van der Waals surface area contributed by atoms with Crippen molar-refractivity contribution in [2.24, 2.45) is 0 Å². The molecule has 2 heterocycles. The normalized spacial score (nSPS) is 13.1. The van der Waals surface area contributed by atoms with E-state index in [1.165, 1.54) is 12.1 Å². The van der Waals surface area contributed by atoms with Gasteiger partial charge in [0.1, 0.15) is 18.2 Å². The number of hydrogen-bond donors (Lipinski definition) is 0. The van der Waals surface area contributed by atoms with Crippen LogP contribution in [0.25, 0.3) is 11.5 Å². The lowest BCUT2D eigenvalue weighted by Gasteiger charge is -2.29. The van der Waals surface area contributed by atoms with E-state index >= 15 is 0 Å². The summed E-state index contributed by atoms with van der Waals surface area (Å²) in [5, 5.41) is 8.09. The first-order valence-corrected chi connectivity index (χ1v) is 8.81. The molecule has 1 amide bonds. The van der Waals surface area contributed by atoms with Gasteiger partial charge in [0.25, 0.3) is 0 Å². The van der Waals surface area contributed by atoms with Crippen LogP contribution in [0, 0.1) is 5.82 Å². The average molecular weight is 367 g/mol. The van der Waals surface area contributed by atoms with Crippen LogP contribution in [0.2, 0.25) is 0 Å². The molecule has 4 rings (SSSR count). The highest BCUT2D eigenvalue weighted by molar-refractivity contribution is 5.95. The first-order chi connectivity index (χ1) is 13.2. The smallest absolute Gasteiger partial charge is 0.247 e. The molecule has 0 bridgehead atoms. The number of amides is 1. The third-order valence-corrected chi connectivity index (χ3v) is 4.36. The summed E-state index contributed by atoms with van der Waals surface area (Å²) >= 11 is 0. The van der Waals surface area contributed by atoms with Crippen molar-refractivity contribution in [2.75, 3.05) is 18.1 Å². The highest BCUT2D eigenvalue weighted by Gasteiger charge is 2.23. The molecule has 138 valence electrons. The van der Waals surface area contributed by atoms with E-state index < -0.39 is 0 Å². The number of carbonyl (C=O) groups is 1. The zero-order chi connectivity index (χ0) is 18.6. The summed E-state index contributed by atoms with van der Waals surface area (Å²) in [7, 11) is 0. The molecule has 7 heteroatoms. The van der Waals surface area contributed by atoms with Gasteiger partial charge in [-0.15, -0.1) is 10.2 Å². The molecule has 0 N–H and O–H groups in total. The van der Waals surface area contributed by atoms with E-state index in [0.717, 1.165) is 5.56 Å². The number of benzene rings is 2. The van der Waals surface area contributed by atoms with Crippen molar-refractivity contribution in [1.29, 1.82) is 0 Å². The molecule has 0 saturated carbocycles. The molecule has 0 atom stereocenters. The van der Waals surface area contributed by atoms with Gasteiger partial charge in [0.15, 0.2) is 0 Å². The zero-order valence-corrected chi connectivity index (χ0v) is 14.6. The fourth-order valence-corrected chi connectivity index (χ4v) is 3.03. The van der Waals surface area contributed by atoms with Crippen LogP contribution in [0.5, 0.6) is 5.75 Å². The number of ether oxygens (including phenoxy) is 1. The van der Waals surface area contributed by atoms with Gasteiger partial charge in [0.05, 0.1) is 12.2 Å². The number of aromatic nitrogens is 2. The summed E-state index contributed by atoms with van der Waals surface area (Å²) in [4.78, 5) is 14.2. The summed E-state index contributed by atoms with van der Waals surface area (Å²) < 4.78 is 24.4. The Labute approximate surface area is 155 Å². The molecule has 2 aromatic carbocycles. The van der Waals surface area contributed by atoms with E-state index in [2.05, 4.69) is 10.2 Å². The number of halogens is 1. The Balaban J connectivity index is 1.35. The van der Waals surface area contributed by atoms with Crippen LogP contribution >= 0.6 is 0 Å². The standard InChI is InChI=1S/C20H18FN3O3/c21-15-9-10-16-17(13-15)26-12-11-24(16)19(25)8-4-7-18-22-23-20(27-18)14-5-2-1-3-6-14/h1-3,5-6,9-10,13H,4,7-8,11-12H2.